The van der Waals surface area contributed by atoms with E-state index in [1.807, 2.05) is 0 Å². The Morgan fingerprint density at radius 2 is 2.05 bits per heavy atom. The fraction of sp³-hybridized carbons (Fsp3) is 0.562. The second kappa shape index (κ2) is 6.43. The average molecular weight is 384 g/mol. The maximum Gasteiger partial charge on any atom is 0.252 e. The molecule has 20 heavy (non-hydrogen) atoms. The summed E-state index contributed by atoms with van der Waals surface area (Å²) in [5.74, 6) is 0.937. The molecule has 0 saturated heterocycles. The number of carbonyl (C=O) groups is 1. The van der Waals surface area contributed by atoms with Crippen LogP contribution in [0.25, 0.3) is 0 Å². The third kappa shape index (κ3) is 3.17. The number of nitrogens with one attached hydrogen (secondary N) is 2. The minimum absolute atomic E-state index is 0.0751. The summed E-state index contributed by atoms with van der Waals surface area (Å²) in [4.78, 5) is 11.7. The van der Waals surface area contributed by atoms with Crippen molar-refractivity contribution in [2.24, 2.45) is 5.92 Å². The van der Waals surface area contributed by atoms with Crippen LogP contribution in [-0.2, 0) is 13.1 Å². The Bertz CT molecular complexity index is 509. The van der Waals surface area contributed by atoms with Crippen LogP contribution in [0, 0.1) is 9.49 Å². The van der Waals surface area contributed by atoms with Crippen LogP contribution in [0.15, 0.2) is 12.1 Å². The standard InChI is InChI=1S/C16H21IN2O/c17-14-7-12(6-13-10-19-16(20)15(13)14)9-18-8-11-4-2-1-3-5-11/h6-7,11,18H,1-5,8-10H2,(H,19,20). The Morgan fingerprint density at radius 1 is 1.25 bits per heavy atom. The van der Waals surface area contributed by atoms with Crippen molar-refractivity contribution >= 4 is 28.5 Å². The summed E-state index contributed by atoms with van der Waals surface area (Å²) >= 11 is 2.27. The molecule has 1 aromatic carbocycles. The molecule has 1 saturated carbocycles. The fourth-order valence-corrected chi connectivity index (χ4v) is 4.29. The lowest BCUT2D eigenvalue weighted by atomic mass is 9.89. The number of amides is 1. The van der Waals surface area contributed by atoms with Gasteiger partial charge in [-0.2, -0.15) is 0 Å². The van der Waals surface area contributed by atoms with E-state index in [-0.39, 0.29) is 5.91 Å². The van der Waals surface area contributed by atoms with E-state index in [9.17, 15) is 4.79 Å². The van der Waals surface area contributed by atoms with E-state index in [2.05, 4.69) is 45.4 Å². The van der Waals surface area contributed by atoms with E-state index in [0.29, 0.717) is 6.54 Å². The predicted molar refractivity (Wildman–Crippen MR) is 88.6 cm³/mol. The molecule has 4 heteroatoms. The SMILES string of the molecule is O=C1NCc2cc(CNCC3CCCCC3)cc(I)c21. The molecule has 2 N–H and O–H groups in total. The zero-order valence-corrected chi connectivity index (χ0v) is 13.8. The van der Waals surface area contributed by atoms with Crippen LogP contribution in [0.5, 0.6) is 0 Å². The number of rotatable bonds is 4. The van der Waals surface area contributed by atoms with Crippen LogP contribution in [0.3, 0.4) is 0 Å². The van der Waals surface area contributed by atoms with E-state index >= 15 is 0 Å². The first-order chi connectivity index (χ1) is 9.74. The first-order valence-electron chi connectivity index (χ1n) is 7.54. The highest BCUT2D eigenvalue weighted by atomic mass is 127. The molecule has 1 aliphatic heterocycles. The number of hydrogen-bond acceptors (Lipinski definition) is 2. The summed E-state index contributed by atoms with van der Waals surface area (Å²) in [5, 5.41) is 6.49. The van der Waals surface area contributed by atoms with Gasteiger partial charge in [-0.3, -0.25) is 4.79 Å². The van der Waals surface area contributed by atoms with Crippen molar-refractivity contribution in [2.75, 3.05) is 6.54 Å². The molecule has 3 rings (SSSR count). The molecule has 1 amide bonds. The molecule has 1 heterocycles. The zero-order chi connectivity index (χ0) is 13.9. The predicted octanol–water partition coefficient (Wildman–Crippen LogP) is 3.20. The van der Waals surface area contributed by atoms with Gasteiger partial charge >= 0.3 is 0 Å². The Morgan fingerprint density at radius 3 is 2.85 bits per heavy atom. The minimum Gasteiger partial charge on any atom is -0.348 e. The molecule has 0 radical (unpaired) electrons. The first kappa shape index (κ1) is 14.3. The molecule has 0 bridgehead atoms. The molecule has 108 valence electrons. The van der Waals surface area contributed by atoms with Crippen LogP contribution < -0.4 is 10.6 Å². The van der Waals surface area contributed by atoms with Crippen LogP contribution >= 0.6 is 22.6 Å². The van der Waals surface area contributed by atoms with Crippen molar-refractivity contribution in [3.8, 4) is 0 Å². The van der Waals surface area contributed by atoms with Crippen molar-refractivity contribution in [1.82, 2.24) is 10.6 Å². The molecule has 0 spiro atoms. The van der Waals surface area contributed by atoms with Gasteiger partial charge in [-0.25, -0.2) is 0 Å². The summed E-state index contributed by atoms with van der Waals surface area (Å²) in [6.45, 7) is 2.72. The van der Waals surface area contributed by atoms with E-state index in [1.54, 1.807) is 0 Å². The molecule has 0 atom stereocenters. The summed E-state index contributed by atoms with van der Waals surface area (Å²) in [5.41, 5.74) is 3.32. The smallest absolute Gasteiger partial charge is 0.252 e. The lowest BCUT2D eigenvalue weighted by Crippen LogP contribution is -2.24. The van der Waals surface area contributed by atoms with Gasteiger partial charge < -0.3 is 10.6 Å². The molecule has 1 aliphatic carbocycles. The van der Waals surface area contributed by atoms with Crippen LogP contribution in [0.2, 0.25) is 0 Å². The van der Waals surface area contributed by atoms with Crippen LogP contribution in [0.1, 0.15) is 53.6 Å². The number of halogens is 1. The largest absolute Gasteiger partial charge is 0.348 e. The van der Waals surface area contributed by atoms with Gasteiger partial charge in [-0.15, -0.1) is 0 Å². The molecule has 3 nitrogen and oxygen atoms in total. The maximum atomic E-state index is 11.7. The highest BCUT2D eigenvalue weighted by Crippen LogP contribution is 2.25. The molecular formula is C16H21IN2O. The Balaban J connectivity index is 1.58. The fourth-order valence-electron chi connectivity index (χ4n) is 3.30. The van der Waals surface area contributed by atoms with Crippen molar-refractivity contribution < 1.29 is 4.79 Å². The van der Waals surface area contributed by atoms with Gasteiger partial charge in [-0.05, 0) is 65.1 Å². The first-order valence-corrected chi connectivity index (χ1v) is 8.62. The second-order valence-corrected chi connectivity index (χ2v) is 7.09. The minimum atomic E-state index is 0.0751. The van der Waals surface area contributed by atoms with Crippen LogP contribution in [-0.4, -0.2) is 12.5 Å². The summed E-state index contributed by atoms with van der Waals surface area (Å²) in [6, 6.07) is 4.31. The van der Waals surface area contributed by atoms with E-state index in [0.717, 1.165) is 33.7 Å². The monoisotopic (exact) mass is 384 g/mol. The average Bonchev–Trinajstić information content (AvgIpc) is 2.82. The van der Waals surface area contributed by atoms with Gasteiger partial charge in [0.15, 0.2) is 0 Å². The van der Waals surface area contributed by atoms with Crippen molar-refractivity contribution in [3.63, 3.8) is 0 Å². The lowest BCUT2D eigenvalue weighted by molar-refractivity contribution is 0.0965. The number of benzene rings is 1. The lowest BCUT2D eigenvalue weighted by Gasteiger charge is -2.21. The van der Waals surface area contributed by atoms with E-state index in [1.165, 1.54) is 37.7 Å². The Kier molecular flexibility index (Phi) is 4.61. The van der Waals surface area contributed by atoms with Gasteiger partial charge in [0.05, 0.1) is 5.56 Å². The quantitative estimate of drug-likeness (QED) is 0.783. The summed E-state index contributed by atoms with van der Waals surface area (Å²) in [7, 11) is 0. The molecule has 0 unspecified atom stereocenters. The summed E-state index contributed by atoms with van der Waals surface area (Å²) in [6.07, 6.45) is 6.98. The van der Waals surface area contributed by atoms with E-state index in [4.69, 9.17) is 0 Å². The van der Waals surface area contributed by atoms with Crippen molar-refractivity contribution in [2.45, 2.75) is 45.2 Å². The van der Waals surface area contributed by atoms with Gasteiger partial charge in [0, 0.05) is 16.7 Å². The topological polar surface area (TPSA) is 41.1 Å². The van der Waals surface area contributed by atoms with Crippen molar-refractivity contribution in [1.29, 1.82) is 0 Å². The van der Waals surface area contributed by atoms with Gasteiger partial charge in [0.1, 0.15) is 0 Å². The third-order valence-corrected chi connectivity index (χ3v) is 5.24. The normalized spacial score (nSPS) is 18.9. The zero-order valence-electron chi connectivity index (χ0n) is 11.7. The molecule has 0 aromatic heterocycles. The second-order valence-electron chi connectivity index (χ2n) is 5.93. The Labute approximate surface area is 134 Å². The Hall–Kier alpha value is -0.620. The highest BCUT2D eigenvalue weighted by molar-refractivity contribution is 14.1. The number of fused-ring (bicyclic) bond motifs is 1. The third-order valence-electron chi connectivity index (χ3n) is 4.39. The van der Waals surface area contributed by atoms with E-state index < -0.39 is 0 Å². The van der Waals surface area contributed by atoms with Gasteiger partial charge in [-0.1, -0.05) is 25.3 Å². The maximum absolute atomic E-state index is 11.7. The summed E-state index contributed by atoms with van der Waals surface area (Å²) < 4.78 is 1.07. The van der Waals surface area contributed by atoms with Crippen molar-refractivity contribution in [3.05, 3.63) is 32.4 Å². The van der Waals surface area contributed by atoms with Gasteiger partial charge in [0.25, 0.3) is 5.91 Å². The molecule has 2 aliphatic rings. The molecular weight excluding hydrogens is 363 g/mol. The highest BCUT2D eigenvalue weighted by Gasteiger charge is 2.22. The molecule has 1 fully saturated rings. The molecule has 1 aromatic rings. The number of carbonyl (C=O) groups excluding carboxylic acids is 1. The van der Waals surface area contributed by atoms with Crippen LogP contribution in [0.4, 0.5) is 0 Å². The van der Waals surface area contributed by atoms with Gasteiger partial charge in [0.2, 0.25) is 0 Å². The number of hydrogen-bond donors (Lipinski definition) is 2.